The van der Waals surface area contributed by atoms with Gasteiger partial charge in [-0.3, -0.25) is 4.79 Å². The first kappa shape index (κ1) is 14.7. The number of benzene rings is 1. The number of aryl methyl sites for hydroxylation is 1. The second-order valence-corrected chi connectivity index (χ2v) is 5.36. The lowest BCUT2D eigenvalue weighted by Gasteiger charge is -2.26. The van der Waals surface area contributed by atoms with Crippen molar-refractivity contribution in [2.45, 2.75) is 40.7 Å². The SMILES string of the molecule is Cc1ccc(C(N)C(C(=O)O)C(C)C)c(C)c1C. The minimum atomic E-state index is -0.824. The summed E-state index contributed by atoms with van der Waals surface area (Å²) >= 11 is 0. The van der Waals surface area contributed by atoms with Gasteiger partial charge in [-0.1, -0.05) is 26.0 Å². The fourth-order valence-electron chi connectivity index (χ4n) is 2.39. The molecule has 0 bridgehead atoms. The summed E-state index contributed by atoms with van der Waals surface area (Å²) in [6.07, 6.45) is 0. The van der Waals surface area contributed by atoms with Crippen LogP contribution in [0.1, 0.15) is 42.1 Å². The number of aliphatic carboxylic acids is 1. The largest absolute Gasteiger partial charge is 0.481 e. The number of rotatable bonds is 4. The highest BCUT2D eigenvalue weighted by molar-refractivity contribution is 5.71. The molecule has 18 heavy (non-hydrogen) atoms. The van der Waals surface area contributed by atoms with Gasteiger partial charge in [0.1, 0.15) is 0 Å². The average Bonchev–Trinajstić information content (AvgIpc) is 2.24. The summed E-state index contributed by atoms with van der Waals surface area (Å²) in [4.78, 5) is 11.3. The molecular formula is C15H23NO2. The van der Waals surface area contributed by atoms with Gasteiger partial charge in [-0.25, -0.2) is 0 Å². The second kappa shape index (κ2) is 5.53. The Morgan fingerprint density at radius 2 is 1.72 bits per heavy atom. The minimum absolute atomic E-state index is 0.0125. The van der Waals surface area contributed by atoms with Crippen LogP contribution in [0.25, 0.3) is 0 Å². The highest BCUT2D eigenvalue weighted by Gasteiger charge is 2.30. The standard InChI is InChI=1S/C15H23NO2/c1-8(2)13(15(17)18)14(16)12-7-6-9(3)10(4)11(12)5/h6-8,13-14H,16H2,1-5H3,(H,17,18). The number of hydrogen-bond donors (Lipinski definition) is 2. The molecule has 0 fully saturated rings. The molecule has 0 saturated heterocycles. The Morgan fingerprint density at radius 3 is 2.17 bits per heavy atom. The normalized spacial score (nSPS) is 14.6. The van der Waals surface area contributed by atoms with Crippen LogP contribution >= 0.6 is 0 Å². The van der Waals surface area contributed by atoms with Gasteiger partial charge in [-0.2, -0.15) is 0 Å². The van der Waals surface area contributed by atoms with Crippen molar-refractivity contribution >= 4 is 5.97 Å². The molecule has 100 valence electrons. The van der Waals surface area contributed by atoms with E-state index in [0.29, 0.717) is 0 Å². The lowest BCUT2D eigenvalue weighted by atomic mass is 9.82. The molecule has 0 aliphatic rings. The van der Waals surface area contributed by atoms with Crippen LogP contribution in [0.15, 0.2) is 12.1 Å². The molecule has 1 aromatic carbocycles. The van der Waals surface area contributed by atoms with E-state index in [4.69, 9.17) is 5.73 Å². The van der Waals surface area contributed by atoms with E-state index in [9.17, 15) is 9.90 Å². The lowest BCUT2D eigenvalue weighted by Crippen LogP contribution is -2.32. The van der Waals surface area contributed by atoms with Gasteiger partial charge in [0.2, 0.25) is 0 Å². The lowest BCUT2D eigenvalue weighted by molar-refractivity contribution is -0.144. The second-order valence-electron chi connectivity index (χ2n) is 5.36. The van der Waals surface area contributed by atoms with Crippen molar-refractivity contribution in [3.8, 4) is 0 Å². The van der Waals surface area contributed by atoms with Crippen LogP contribution in [0, 0.1) is 32.6 Å². The van der Waals surface area contributed by atoms with E-state index in [0.717, 1.165) is 11.1 Å². The van der Waals surface area contributed by atoms with Crippen LogP contribution in [0.4, 0.5) is 0 Å². The maximum Gasteiger partial charge on any atom is 0.308 e. The minimum Gasteiger partial charge on any atom is -0.481 e. The molecule has 3 nitrogen and oxygen atoms in total. The summed E-state index contributed by atoms with van der Waals surface area (Å²) in [5.74, 6) is -1.36. The van der Waals surface area contributed by atoms with Crippen LogP contribution in [0.5, 0.6) is 0 Å². The summed E-state index contributed by atoms with van der Waals surface area (Å²) in [5.41, 5.74) is 10.6. The third-order valence-corrected chi connectivity index (χ3v) is 3.85. The van der Waals surface area contributed by atoms with Crippen LogP contribution in [0.2, 0.25) is 0 Å². The van der Waals surface area contributed by atoms with Crippen LogP contribution in [0.3, 0.4) is 0 Å². The number of carbonyl (C=O) groups is 1. The molecule has 2 unspecified atom stereocenters. The van der Waals surface area contributed by atoms with Gasteiger partial charge in [0, 0.05) is 6.04 Å². The summed E-state index contributed by atoms with van der Waals surface area (Å²) < 4.78 is 0. The first-order valence-electron chi connectivity index (χ1n) is 6.32. The third kappa shape index (κ3) is 2.72. The molecule has 0 saturated carbocycles. The number of hydrogen-bond acceptors (Lipinski definition) is 2. The maximum absolute atomic E-state index is 11.3. The zero-order valence-corrected chi connectivity index (χ0v) is 11.8. The number of nitrogens with two attached hydrogens (primary N) is 1. The van der Waals surface area contributed by atoms with Crippen LogP contribution in [-0.4, -0.2) is 11.1 Å². The molecule has 0 aromatic heterocycles. The smallest absolute Gasteiger partial charge is 0.308 e. The number of carboxylic acid groups (broad SMARTS) is 1. The average molecular weight is 249 g/mol. The van der Waals surface area contributed by atoms with Gasteiger partial charge in [0.15, 0.2) is 0 Å². The molecule has 3 heteroatoms. The Balaban J connectivity index is 3.21. The molecule has 0 aliphatic carbocycles. The molecular weight excluding hydrogens is 226 g/mol. The van der Waals surface area contributed by atoms with Gasteiger partial charge in [-0.15, -0.1) is 0 Å². The number of carboxylic acids is 1. The molecule has 0 amide bonds. The van der Waals surface area contributed by atoms with Crippen molar-refractivity contribution in [3.05, 3.63) is 34.4 Å². The van der Waals surface area contributed by atoms with Crippen molar-refractivity contribution in [1.82, 2.24) is 0 Å². The Morgan fingerprint density at radius 1 is 1.17 bits per heavy atom. The fourth-order valence-corrected chi connectivity index (χ4v) is 2.39. The molecule has 2 atom stereocenters. The van der Waals surface area contributed by atoms with E-state index < -0.39 is 17.9 Å². The van der Waals surface area contributed by atoms with E-state index in [1.807, 2.05) is 39.8 Å². The third-order valence-electron chi connectivity index (χ3n) is 3.85. The fraction of sp³-hybridized carbons (Fsp3) is 0.533. The topological polar surface area (TPSA) is 63.3 Å². The van der Waals surface area contributed by atoms with Crippen LogP contribution < -0.4 is 5.73 Å². The summed E-state index contributed by atoms with van der Waals surface area (Å²) in [6, 6.07) is 3.51. The van der Waals surface area contributed by atoms with Crippen molar-refractivity contribution < 1.29 is 9.90 Å². The predicted molar refractivity (Wildman–Crippen MR) is 73.5 cm³/mol. The van der Waals surface area contributed by atoms with E-state index in [-0.39, 0.29) is 5.92 Å². The van der Waals surface area contributed by atoms with E-state index in [1.165, 1.54) is 11.1 Å². The Kier molecular flexibility index (Phi) is 4.52. The Labute approximate surface area is 109 Å². The Hall–Kier alpha value is -1.35. The molecule has 0 spiro atoms. The van der Waals surface area contributed by atoms with Gasteiger partial charge in [0.25, 0.3) is 0 Å². The predicted octanol–water partition coefficient (Wildman–Crippen LogP) is 2.97. The summed E-state index contributed by atoms with van der Waals surface area (Å²) in [7, 11) is 0. The van der Waals surface area contributed by atoms with E-state index in [2.05, 4.69) is 6.92 Å². The first-order valence-corrected chi connectivity index (χ1v) is 6.32. The van der Waals surface area contributed by atoms with E-state index >= 15 is 0 Å². The molecule has 0 aliphatic heterocycles. The molecule has 0 radical (unpaired) electrons. The first-order chi connectivity index (χ1) is 8.27. The van der Waals surface area contributed by atoms with Gasteiger partial charge >= 0.3 is 5.97 Å². The zero-order valence-electron chi connectivity index (χ0n) is 11.8. The summed E-state index contributed by atoms with van der Waals surface area (Å²) in [5, 5.41) is 9.31. The van der Waals surface area contributed by atoms with Gasteiger partial charge < -0.3 is 10.8 Å². The van der Waals surface area contributed by atoms with Crippen molar-refractivity contribution in [2.75, 3.05) is 0 Å². The maximum atomic E-state index is 11.3. The van der Waals surface area contributed by atoms with E-state index in [1.54, 1.807) is 0 Å². The van der Waals surface area contributed by atoms with Crippen molar-refractivity contribution in [1.29, 1.82) is 0 Å². The molecule has 3 N–H and O–H groups in total. The Bertz CT molecular complexity index is 452. The van der Waals surface area contributed by atoms with Gasteiger partial charge in [-0.05, 0) is 48.9 Å². The highest BCUT2D eigenvalue weighted by Crippen LogP contribution is 2.30. The monoisotopic (exact) mass is 249 g/mol. The molecule has 1 rings (SSSR count). The molecule has 0 heterocycles. The van der Waals surface area contributed by atoms with Gasteiger partial charge in [0.05, 0.1) is 5.92 Å². The summed E-state index contributed by atoms with van der Waals surface area (Å²) in [6.45, 7) is 9.90. The quantitative estimate of drug-likeness (QED) is 0.862. The van der Waals surface area contributed by atoms with Crippen LogP contribution in [-0.2, 0) is 4.79 Å². The molecule has 1 aromatic rings. The zero-order chi connectivity index (χ0) is 14.0. The highest BCUT2D eigenvalue weighted by atomic mass is 16.4. The van der Waals surface area contributed by atoms with Crippen molar-refractivity contribution in [2.24, 2.45) is 17.6 Å². The van der Waals surface area contributed by atoms with Crippen molar-refractivity contribution in [3.63, 3.8) is 0 Å².